The van der Waals surface area contributed by atoms with Crippen LogP contribution in [0.2, 0.25) is 0 Å². The first kappa shape index (κ1) is 14.0. The number of carboxylic acids is 1. The lowest BCUT2D eigenvalue weighted by atomic mass is 10.0. The molecule has 0 aliphatic rings. The number of ether oxygens (including phenoxy) is 2. The number of ketones is 1. The molecule has 0 radical (unpaired) electrons. The number of carbonyl (C=O) groups is 2. The van der Waals surface area contributed by atoms with Crippen LogP contribution in [0.15, 0.2) is 18.2 Å². The number of rotatable bonds is 6. The van der Waals surface area contributed by atoms with Gasteiger partial charge in [-0.05, 0) is 18.2 Å². The van der Waals surface area contributed by atoms with Crippen LogP contribution < -0.4 is 9.47 Å². The number of carboxylic acid groups (broad SMARTS) is 1. The minimum absolute atomic E-state index is 0.178. The second-order valence-electron chi connectivity index (χ2n) is 3.55. The van der Waals surface area contributed by atoms with Crippen LogP contribution in [-0.2, 0) is 4.79 Å². The molecular weight excluding hydrogens is 240 g/mol. The molecule has 0 spiro atoms. The second-order valence-corrected chi connectivity index (χ2v) is 3.55. The molecule has 1 unspecified atom stereocenters. The monoisotopic (exact) mass is 254 g/mol. The quantitative estimate of drug-likeness (QED) is 0.727. The highest BCUT2D eigenvalue weighted by atomic mass is 16.5. The Bertz CT molecular complexity index is 454. The minimum atomic E-state index is -1.73. The van der Waals surface area contributed by atoms with E-state index in [1.165, 1.54) is 20.3 Å². The molecule has 6 nitrogen and oxygen atoms in total. The van der Waals surface area contributed by atoms with Crippen LogP contribution in [-0.4, -0.2) is 42.3 Å². The first-order chi connectivity index (χ1) is 8.49. The van der Waals surface area contributed by atoms with Gasteiger partial charge in [0.05, 0.1) is 19.8 Å². The summed E-state index contributed by atoms with van der Waals surface area (Å²) in [6.45, 7) is 0. The van der Waals surface area contributed by atoms with E-state index in [1.807, 2.05) is 0 Å². The van der Waals surface area contributed by atoms with Crippen LogP contribution in [0.25, 0.3) is 0 Å². The Hall–Kier alpha value is -2.08. The topological polar surface area (TPSA) is 93.1 Å². The van der Waals surface area contributed by atoms with Crippen LogP contribution in [0, 0.1) is 0 Å². The highest BCUT2D eigenvalue weighted by Crippen LogP contribution is 2.25. The van der Waals surface area contributed by atoms with Crippen molar-refractivity contribution < 1.29 is 29.3 Å². The third-order valence-electron chi connectivity index (χ3n) is 2.37. The number of hydrogen-bond acceptors (Lipinski definition) is 5. The maximum Gasteiger partial charge on any atom is 0.332 e. The summed E-state index contributed by atoms with van der Waals surface area (Å²) in [5.74, 6) is -1.21. The van der Waals surface area contributed by atoms with E-state index in [2.05, 4.69) is 0 Å². The number of aliphatic hydroxyl groups is 1. The highest BCUT2D eigenvalue weighted by molar-refractivity contribution is 6.01. The average Bonchev–Trinajstić information content (AvgIpc) is 2.37. The molecular formula is C12H14O6. The van der Waals surface area contributed by atoms with Gasteiger partial charge in [0.1, 0.15) is 11.5 Å². The summed E-state index contributed by atoms with van der Waals surface area (Å²) in [5, 5.41) is 17.7. The van der Waals surface area contributed by atoms with Gasteiger partial charge in [-0.25, -0.2) is 4.79 Å². The molecule has 0 fully saturated rings. The fraction of sp³-hybridized carbons (Fsp3) is 0.333. The molecule has 18 heavy (non-hydrogen) atoms. The molecule has 1 atom stereocenters. The Labute approximate surface area is 104 Å². The molecule has 2 N–H and O–H groups in total. The van der Waals surface area contributed by atoms with Crippen LogP contribution in [0.1, 0.15) is 16.8 Å². The molecule has 0 aliphatic heterocycles. The van der Waals surface area contributed by atoms with Crippen LogP contribution in [0.3, 0.4) is 0 Å². The maximum atomic E-state index is 11.8. The van der Waals surface area contributed by atoms with Crippen LogP contribution >= 0.6 is 0 Å². The van der Waals surface area contributed by atoms with E-state index < -0.39 is 24.3 Å². The zero-order chi connectivity index (χ0) is 13.7. The van der Waals surface area contributed by atoms with Crippen molar-refractivity contribution in [2.45, 2.75) is 12.5 Å². The fourth-order valence-electron chi connectivity index (χ4n) is 1.40. The number of Topliss-reactive ketones (excluding diaryl/α,β-unsaturated/α-hetero) is 1. The summed E-state index contributed by atoms with van der Waals surface area (Å²) >= 11 is 0. The summed E-state index contributed by atoms with van der Waals surface area (Å²) in [4.78, 5) is 22.3. The molecule has 1 aromatic carbocycles. The Kier molecular flexibility index (Phi) is 4.67. The van der Waals surface area contributed by atoms with Crippen molar-refractivity contribution in [3.05, 3.63) is 23.8 Å². The van der Waals surface area contributed by atoms with Crippen LogP contribution in [0.4, 0.5) is 0 Å². The Balaban J connectivity index is 2.99. The lowest BCUT2D eigenvalue weighted by Gasteiger charge is -2.10. The summed E-state index contributed by atoms with van der Waals surface area (Å²) < 4.78 is 9.97. The SMILES string of the molecule is COc1ccc(OC)c(C(=O)CC(O)C(=O)O)c1. The van der Waals surface area contributed by atoms with Crippen molar-refractivity contribution in [1.29, 1.82) is 0 Å². The summed E-state index contributed by atoms with van der Waals surface area (Å²) in [6, 6.07) is 4.60. The third kappa shape index (κ3) is 3.21. The molecule has 1 rings (SSSR count). The van der Waals surface area contributed by atoms with Crippen LogP contribution in [0.5, 0.6) is 11.5 Å². The number of carbonyl (C=O) groups excluding carboxylic acids is 1. The van der Waals surface area contributed by atoms with Gasteiger partial charge in [-0.2, -0.15) is 0 Å². The first-order valence-electron chi connectivity index (χ1n) is 5.15. The zero-order valence-corrected chi connectivity index (χ0v) is 10.0. The Morgan fingerprint density at radius 3 is 2.44 bits per heavy atom. The number of benzene rings is 1. The van der Waals surface area contributed by atoms with Crippen molar-refractivity contribution >= 4 is 11.8 Å². The predicted octanol–water partition coefficient (Wildman–Crippen LogP) is 0.722. The van der Waals surface area contributed by atoms with Gasteiger partial charge in [0, 0.05) is 6.42 Å². The third-order valence-corrected chi connectivity index (χ3v) is 2.37. The van der Waals surface area contributed by atoms with Gasteiger partial charge in [-0.3, -0.25) is 4.79 Å². The van der Waals surface area contributed by atoms with Crippen molar-refractivity contribution in [3.63, 3.8) is 0 Å². The molecule has 98 valence electrons. The lowest BCUT2D eigenvalue weighted by molar-refractivity contribution is -0.146. The van der Waals surface area contributed by atoms with E-state index >= 15 is 0 Å². The van der Waals surface area contributed by atoms with Gasteiger partial charge < -0.3 is 19.7 Å². The van der Waals surface area contributed by atoms with Gasteiger partial charge in [0.25, 0.3) is 0 Å². The van der Waals surface area contributed by atoms with E-state index in [9.17, 15) is 9.59 Å². The maximum absolute atomic E-state index is 11.8. The average molecular weight is 254 g/mol. The van der Waals surface area contributed by atoms with E-state index in [0.717, 1.165) is 0 Å². The molecule has 6 heteroatoms. The molecule has 0 heterocycles. The smallest absolute Gasteiger partial charge is 0.332 e. The number of aliphatic carboxylic acids is 1. The van der Waals surface area contributed by atoms with Crippen molar-refractivity contribution in [2.24, 2.45) is 0 Å². The minimum Gasteiger partial charge on any atom is -0.497 e. The van der Waals surface area contributed by atoms with Gasteiger partial charge in [0.2, 0.25) is 0 Å². The number of aliphatic hydroxyl groups excluding tert-OH is 1. The largest absolute Gasteiger partial charge is 0.497 e. The Morgan fingerprint density at radius 1 is 1.28 bits per heavy atom. The predicted molar refractivity (Wildman–Crippen MR) is 62.1 cm³/mol. The van der Waals surface area contributed by atoms with E-state index in [-0.39, 0.29) is 5.56 Å². The van der Waals surface area contributed by atoms with Crippen molar-refractivity contribution in [3.8, 4) is 11.5 Å². The fourth-order valence-corrected chi connectivity index (χ4v) is 1.40. The van der Waals surface area contributed by atoms with Crippen molar-refractivity contribution in [2.75, 3.05) is 14.2 Å². The second kappa shape index (κ2) is 6.02. The summed E-state index contributed by atoms with van der Waals surface area (Å²) in [7, 11) is 2.84. The molecule has 0 aliphatic carbocycles. The zero-order valence-electron chi connectivity index (χ0n) is 10.0. The van der Waals surface area contributed by atoms with Gasteiger partial charge in [-0.1, -0.05) is 0 Å². The summed E-state index contributed by atoms with van der Waals surface area (Å²) in [5.41, 5.74) is 0.178. The molecule has 1 aromatic rings. The lowest BCUT2D eigenvalue weighted by Crippen LogP contribution is -2.23. The van der Waals surface area contributed by atoms with Gasteiger partial charge >= 0.3 is 5.97 Å². The molecule has 0 saturated carbocycles. The molecule has 0 aromatic heterocycles. The van der Waals surface area contributed by atoms with Crippen molar-refractivity contribution in [1.82, 2.24) is 0 Å². The molecule has 0 bridgehead atoms. The summed E-state index contributed by atoms with van der Waals surface area (Å²) in [6.07, 6.45) is -2.24. The standard InChI is InChI=1S/C12H14O6/c1-17-7-3-4-11(18-2)8(5-7)9(13)6-10(14)12(15)16/h3-5,10,14H,6H2,1-2H3,(H,15,16). The molecule has 0 amide bonds. The Morgan fingerprint density at radius 2 is 1.94 bits per heavy atom. The number of methoxy groups -OCH3 is 2. The normalized spacial score (nSPS) is 11.7. The van der Waals surface area contributed by atoms with E-state index in [0.29, 0.717) is 11.5 Å². The van der Waals surface area contributed by atoms with E-state index in [1.54, 1.807) is 12.1 Å². The van der Waals surface area contributed by atoms with Gasteiger partial charge in [0.15, 0.2) is 11.9 Å². The van der Waals surface area contributed by atoms with E-state index in [4.69, 9.17) is 19.7 Å². The van der Waals surface area contributed by atoms with Gasteiger partial charge in [-0.15, -0.1) is 0 Å². The first-order valence-corrected chi connectivity index (χ1v) is 5.15. The highest BCUT2D eigenvalue weighted by Gasteiger charge is 2.21. The molecule has 0 saturated heterocycles. The number of hydrogen-bond donors (Lipinski definition) is 2.